The van der Waals surface area contributed by atoms with Crippen LogP contribution in [-0.2, 0) is 14.8 Å². The van der Waals surface area contributed by atoms with Crippen molar-refractivity contribution in [1.82, 2.24) is 4.31 Å². The SMILES string of the molecule is Cc1ccc(NC(=O)CC2CCCCN2S(=O)(=O)c2ccc(Cl)cc2)cc1F. The van der Waals surface area contributed by atoms with Gasteiger partial charge < -0.3 is 5.32 Å². The molecule has 1 aliphatic heterocycles. The molecule has 0 spiro atoms. The highest BCUT2D eigenvalue weighted by Gasteiger charge is 2.34. The first-order valence-corrected chi connectivity index (χ1v) is 10.9. The number of amides is 1. The number of benzene rings is 2. The lowest BCUT2D eigenvalue weighted by Gasteiger charge is -2.34. The zero-order valence-electron chi connectivity index (χ0n) is 15.5. The number of halogens is 2. The predicted octanol–water partition coefficient (Wildman–Crippen LogP) is 4.36. The molecule has 5 nitrogen and oxygen atoms in total. The van der Waals surface area contributed by atoms with Gasteiger partial charge in [0.1, 0.15) is 5.82 Å². The molecule has 1 atom stereocenters. The first-order chi connectivity index (χ1) is 13.3. The monoisotopic (exact) mass is 424 g/mol. The lowest BCUT2D eigenvalue weighted by atomic mass is 10.0. The predicted molar refractivity (Wildman–Crippen MR) is 107 cm³/mol. The van der Waals surface area contributed by atoms with Gasteiger partial charge in [-0.2, -0.15) is 4.31 Å². The van der Waals surface area contributed by atoms with Crippen molar-refractivity contribution in [3.63, 3.8) is 0 Å². The average Bonchev–Trinajstić information content (AvgIpc) is 2.65. The third kappa shape index (κ3) is 4.71. The largest absolute Gasteiger partial charge is 0.326 e. The van der Waals surface area contributed by atoms with Gasteiger partial charge in [0, 0.05) is 29.7 Å². The minimum absolute atomic E-state index is 0.0162. The molecule has 0 bridgehead atoms. The standard InChI is InChI=1S/C20H22ClFN2O3S/c1-14-5-8-16(12-19(14)22)23-20(25)13-17-4-2-3-11-24(17)28(26,27)18-9-6-15(21)7-10-18/h5-10,12,17H,2-4,11,13H2,1H3,(H,23,25). The maximum Gasteiger partial charge on any atom is 0.243 e. The number of sulfonamides is 1. The molecule has 0 aromatic heterocycles. The summed E-state index contributed by atoms with van der Waals surface area (Å²) < 4.78 is 41.1. The third-order valence-corrected chi connectivity index (χ3v) is 7.09. The van der Waals surface area contributed by atoms with Gasteiger partial charge in [-0.15, -0.1) is 0 Å². The summed E-state index contributed by atoms with van der Waals surface area (Å²) >= 11 is 5.85. The van der Waals surface area contributed by atoms with Crippen molar-refractivity contribution in [2.75, 3.05) is 11.9 Å². The Hall–Kier alpha value is -1.96. The second-order valence-electron chi connectivity index (χ2n) is 6.94. The molecule has 3 rings (SSSR count). The van der Waals surface area contributed by atoms with E-state index >= 15 is 0 Å². The number of aryl methyl sites for hydroxylation is 1. The first-order valence-electron chi connectivity index (χ1n) is 9.11. The normalized spacial score (nSPS) is 18.0. The Balaban J connectivity index is 1.74. The Kier molecular flexibility index (Phi) is 6.37. The summed E-state index contributed by atoms with van der Waals surface area (Å²) in [5.41, 5.74) is 0.849. The second kappa shape index (κ2) is 8.59. The molecule has 8 heteroatoms. The summed E-state index contributed by atoms with van der Waals surface area (Å²) in [5.74, 6) is -0.742. The molecular formula is C20H22ClFN2O3S. The number of piperidine rings is 1. The molecule has 0 aliphatic carbocycles. The quantitative estimate of drug-likeness (QED) is 0.775. The summed E-state index contributed by atoms with van der Waals surface area (Å²) in [6.07, 6.45) is 2.21. The molecule has 0 saturated carbocycles. The molecule has 1 N–H and O–H groups in total. The maximum atomic E-state index is 13.7. The smallest absolute Gasteiger partial charge is 0.243 e. The molecule has 2 aromatic carbocycles. The molecule has 1 heterocycles. The van der Waals surface area contributed by atoms with Gasteiger partial charge >= 0.3 is 0 Å². The van der Waals surface area contributed by atoms with E-state index in [0.29, 0.717) is 29.2 Å². The van der Waals surface area contributed by atoms with Gasteiger partial charge in [-0.3, -0.25) is 4.79 Å². The Morgan fingerprint density at radius 3 is 2.61 bits per heavy atom. The summed E-state index contributed by atoms with van der Waals surface area (Å²) in [7, 11) is -3.72. The lowest BCUT2D eigenvalue weighted by Crippen LogP contribution is -2.45. The zero-order valence-corrected chi connectivity index (χ0v) is 17.1. The van der Waals surface area contributed by atoms with Gasteiger partial charge in [0.25, 0.3) is 0 Å². The van der Waals surface area contributed by atoms with Gasteiger partial charge in [0.05, 0.1) is 4.90 Å². The van der Waals surface area contributed by atoms with Crippen molar-refractivity contribution in [1.29, 1.82) is 0 Å². The van der Waals surface area contributed by atoms with Crippen molar-refractivity contribution < 1.29 is 17.6 Å². The van der Waals surface area contributed by atoms with Crippen LogP contribution in [0.25, 0.3) is 0 Å². The Labute approximate surface area is 169 Å². The molecule has 150 valence electrons. The Morgan fingerprint density at radius 2 is 1.93 bits per heavy atom. The number of carbonyl (C=O) groups is 1. The Bertz CT molecular complexity index is 964. The summed E-state index contributed by atoms with van der Waals surface area (Å²) in [6.45, 7) is 2.00. The van der Waals surface area contributed by atoms with E-state index in [0.717, 1.165) is 12.8 Å². The lowest BCUT2D eigenvalue weighted by molar-refractivity contribution is -0.117. The van der Waals surface area contributed by atoms with Crippen LogP contribution >= 0.6 is 11.6 Å². The molecular weight excluding hydrogens is 403 g/mol. The van der Waals surface area contributed by atoms with Crippen LogP contribution in [0.15, 0.2) is 47.4 Å². The number of anilines is 1. The minimum Gasteiger partial charge on any atom is -0.326 e. The van der Waals surface area contributed by atoms with Gasteiger partial charge in [-0.1, -0.05) is 24.1 Å². The number of nitrogens with zero attached hydrogens (tertiary/aromatic N) is 1. The fourth-order valence-corrected chi connectivity index (χ4v) is 5.15. The van der Waals surface area contributed by atoms with E-state index in [9.17, 15) is 17.6 Å². The molecule has 1 unspecified atom stereocenters. The van der Waals surface area contributed by atoms with Crippen LogP contribution in [0.3, 0.4) is 0 Å². The van der Waals surface area contributed by atoms with Gasteiger partial charge in [-0.05, 0) is 61.7 Å². The van der Waals surface area contributed by atoms with Gasteiger partial charge in [-0.25, -0.2) is 12.8 Å². The number of nitrogens with one attached hydrogen (secondary N) is 1. The van der Waals surface area contributed by atoms with E-state index in [-0.39, 0.29) is 17.2 Å². The highest BCUT2D eigenvalue weighted by atomic mass is 35.5. The molecule has 0 radical (unpaired) electrons. The highest BCUT2D eigenvalue weighted by molar-refractivity contribution is 7.89. The Morgan fingerprint density at radius 1 is 1.21 bits per heavy atom. The molecule has 1 amide bonds. The van der Waals surface area contributed by atoms with E-state index in [1.807, 2.05) is 0 Å². The second-order valence-corrected chi connectivity index (χ2v) is 9.26. The van der Waals surface area contributed by atoms with Crippen molar-refractivity contribution in [2.45, 2.75) is 43.5 Å². The summed E-state index contributed by atoms with van der Waals surface area (Å²) in [6, 6.07) is 10.0. The van der Waals surface area contributed by atoms with Crippen LogP contribution in [0, 0.1) is 12.7 Å². The zero-order chi connectivity index (χ0) is 20.3. The van der Waals surface area contributed by atoms with E-state index in [1.54, 1.807) is 19.1 Å². The van der Waals surface area contributed by atoms with E-state index in [2.05, 4.69) is 5.32 Å². The van der Waals surface area contributed by atoms with Gasteiger partial charge in [0.15, 0.2) is 0 Å². The number of carbonyl (C=O) groups excluding carboxylic acids is 1. The number of hydrogen-bond acceptors (Lipinski definition) is 3. The van der Waals surface area contributed by atoms with E-state index < -0.39 is 21.9 Å². The highest BCUT2D eigenvalue weighted by Crippen LogP contribution is 2.28. The fraction of sp³-hybridized carbons (Fsp3) is 0.350. The van der Waals surface area contributed by atoms with Crippen LogP contribution in [-0.4, -0.2) is 31.2 Å². The molecule has 1 fully saturated rings. The van der Waals surface area contributed by atoms with Crippen LogP contribution in [0.5, 0.6) is 0 Å². The maximum absolute atomic E-state index is 13.7. The van der Waals surface area contributed by atoms with Gasteiger partial charge in [0.2, 0.25) is 15.9 Å². The number of rotatable bonds is 5. The van der Waals surface area contributed by atoms with Crippen LogP contribution in [0.2, 0.25) is 5.02 Å². The third-order valence-electron chi connectivity index (χ3n) is 4.87. The van der Waals surface area contributed by atoms with Crippen molar-refractivity contribution in [2.24, 2.45) is 0 Å². The molecule has 2 aromatic rings. The average molecular weight is 425 g/mol. The fourth-order valence-electron chi connectivity index (χ4n) is 3.33. The summed E-state index contributed by atoms with van der Waals surface area (Å²) in [5, 5.41) is 3.12. The summed E-state index contributed by atoms with van der Waals surface area (Å²) in [4.78, 5) is 12.6. The van der Waals surface area contributed by atoms with Crippen LogP contribution in [0.1, 0.15) is 31.2 Å². The van der Waals surface area contributed by atoms with E-state index in [1.165, 1.54) is 34.6 Å². The van der Waals surface area contributed by atoms with Crippen molar-refractivity contribution >= 4 is 33.2 Å². The van der Waals surface area contributed by atoms with Crippen LogP contribution < -0.4 is 5.32 Å². The topological polar surface area (TPSA) is 66.5 Å². The molecule has 1 saturated heterocycles. The molecule has 28 heavy (non-hydrogen) atoms. The number of hydrogen-bond donors (Lipinski definition) is 1. The minimum atomic E-state index is -3.72. The first kappa shape index (κ1) is 20.8. The van der Waals surface area contributed by atoms with Crippen LogP contribution in [0.4, 0.5) is 10.1 Å². The van der Waals surface area contributed by atoms with Crippen molar-refractivity contribution in [3.05, 3.63) is 58.9 Å². The molecule has 1 aliphatic rings. The van der Waals surface area contributed by atoms with Crippen molar-refractivity contribution in [3.8, 4) is 0 Å². The van der Waals surface area contributed by atoms with E-state index in [4.69, 9.17) is 11.6 Å².